The van der Waals surface area contributed by atoms with Gasteiger partial charge >= 0.3 is 0 Å². The number of amides is 1. The molecule has 7 heteroatoms. The molecule has 2 aromatic heterocycles. The van der Waals surface area contributed by atoms with Gasteiger partial charge in [0, 0.05) is 17.0 Å². The SMILES string of the molecule is O=C1Cc2cnc(Nc3ccccc3F)nc2-c2oc3c(c2N1)=CCCC=3. The molecule has 0 atom stereocenters. The van der Waals surface area contributed by atoms with E-state index in [0.717, 1.165) is 23.5 Å². The summed E-state index contributed by atoms with van der Waals surface area (Å²) in [5, 5.41) is 6.70. The third-order valence-electron chi connectivity index (χ3n) is 4.63. The molecule has 134 valence electrons. The fourth-order valence-electron chi connectivity index (χ4n) is 3.38. The minimum absolute atomic E-state index is 0.143. The van der Waals surface area contributed by atoms with Crippen molar-refractivity contribution in [3.05, 3.63) is 52.5 Å². The molecule has 1 amide bonds. The van der Waals surface area contributed by atoms with Crippen molar-refractivity contribution in [3.63, 3.8) is 0 Å². The van der Waals surface area contributed by atoms with Crippen LogP contribution in [0, 0.1) is 5.82 Å². The second-order valence-corrected chi connectivity index (χ2v) is 6.47. The summed E-state index contributed by atoms with van der Waals surface area (Å²) in [6.07, 6.45) is 7.58. The van der Waals surface area contributed by atoms with Crippen LogP contribution in [0.25, 0.3) is 23.6 Å². The van der Waals surface area contributed by atoms with E-state index in [1.807, 2.05) is 6.08 Å². The fourth-order valence-corrected chi connectivity index (χ4v) is 3.38. The van der Waals surface area contributed by atoms with Gasteiger partial charge in [-0.15, -0.1) is 0 Å². The molecule has 3 heterocycles. The van der Waals surface area contributed by atoms with E-state index in [1.54, 1.807) is 24.4 Å². The van der Waals surface area contributed by atoms with Crippen molar-refractivity contribution in [2.75, 3.05) is 10.6 Å². The van der Waals surface area contributed by atoms with Gasteiger partial charge in [-0.3, -0.25) is 4.79 Å². The van der Waals surface area contributed by atoms with E-state index < -0.39 is 5.82 Å². The van der Waals surface area contributed by atoms with E-state index in [1.165, 1.54) is 6.07 Å². The summed E-state index contributed by atoms with van der Waals surface area (Å²) in [6, 6.07) is 6.30. The average Bonchev–Trinajstić information content (AvgIpc) is 2.96. The van der Waals surface area contributed by atoms with Gasteiger partial charge in [0.2, 0.25) is 11.9 Å². The number of rotatable bonds is 2. The maximum absolute atomic E-state index is 13.9. The van der Waals surface area contributed by atoms with E-state index >= 15 is 0 Å². The first-order valence-corrected chi connectivity index (χ1v) is 8.70. The zero-order valence-corrected chi connectivity index (χ0v) is 14.3. The maximum atomic E-state index is 13.9. The molecule has 1 aromatic carbocycles. The highest BCUT2D eigenvalue weighted by Crippen LogP contribution is 2.31. The van der Waals surface area contributed by atoms with Crippen LogP contribution < -0.4 is 21.3 Å². The number of nitrogens with zero attached hydrogens (tertiary/aromatic N) is 2. The Kier molecular flexibility index (Phi) is 3.53. The van der Waals surface area contributed by atoms with Crippen molar-refractivity contribution in [2.24, 2.45) is 0 Å². The van der Waals surface area contributed by atoms with Crippen LogP contribution in [-0.2, 0) is 11.2 Å². The number of halogens is 1. The number of hydrogen-bond acceptors (Lipinski definition) is 5. The molecule has 0 bridgehead atoms. The van der Waals surface area contributed by atoms with Gasteiger partial charge in [-0.2, -0.15) is 0 Å². The van der Waals surface area contributed by atoms with E-state index in [-0.39, 0.29) is 24.0 Å². The first-order chi connectivity index (χ1) is 13.2. The lowest BCUT2D eigenvalue weighted by atomic mass is 10.1. The molecule has 6 nitrogen and oxygen atoms in total. The van der Waals surface area contributed by atoms with Crippen molar-refractivity contribution in [1.82, 2.24) is 9.97 Å². The van der Waals surface area contributed by atoms with Crippen LogP contribution in [0.2, 0.25) is 0 Å². The van der Waals surface area contributed by atoms with Gasteiger partial charge < -0.3 is 15.1 Å². The zero-order valence-electron chi connectivity index (χ0n) is 14.3. The van der Waals surface area contributed by atoms with Gasteiger partial charge in [0.15, 0.2) is 5.76 Å². The summed E-state index contributed by atoms with van der Waals surface area (Å²) in [4.78, 5) is 21.1. The summed E-state index contributed by atoms with van der Waals surface area (Å²) < 4.78 is 19.9. The average molecular weight is 362 g/mol. The van der Waals surface area contributed by atoms with Crippen molar-refractivity contribution >= 4 is 35.4 Å². The third-order valence-corrected chi connectivity index (χ3v) is 4.63. The number of aromatic nitrogens is 2. The Labute approximate surface area is 153 Å². The number of nitrogens with one attached hydrogen (secondary N) is 2. The quantitative estimate of drug-likeness (QED) is 0.732. The molecule has 0 fully saturated rings. The Bertz CT molecular complexity index is 1200. The molecule has 5 rings (SSSR count). The number of carbonyl (C=O) groups is 1. The second kappa shape index (κ2) is 6.05. The first-order valence-electron chi connectivity index (χ1n) is 8.70. The van der Waals surface area contributed by atoms with Crippen molar-refractivity contribution in [1.29, 1.82) is 0 Å². The standard InChI is InChI=1S/C20H15FN4O2/c21-13-6-2-3-7-14(13)23-20-22-10-11-9-16(26)24-18-12-5-1-4-8-15(12)27-19(18)17(11)25-20/h2-3,5-8,10H,1,4,9H2,(H,24,26)(H,22,23,25). The molecule has 3 aromatic rings. The Morgan fingerprint density at radius 3 is 2.93 bits per heavy atom. The Morgan fingerprint density at radius 1 is 1.19 bits per heavy atom. The lowest BCUT2D eigenvalue weighted by Crippen LogP contribution is -2.26. The number of anilines is 3. The number of furan rings is 1. The molecule has 1 aliphatic heterocycles. The van der Waals surface area contributed by atoms with Gasteiger partial charge in [-0.1, -0.05) is 18.2 Å². The molecular weight excluding hydrogens is 347 g/mol. The highest BCUT2D eigenvalue weighted by atomic mass is 19.1. The van der Waals surface area contributed by atoms with Gasteiger partial charge in [0.05, 0.1) is 17.8 Å². The molecule has 0 saturated carbocycles. The normalized spacial score (nSPS) is 14.6. The van der Waals surface area contributed by atoms with Crippen molar-refractivity contribution < 1.29 is 13.6 Å². The smallest absolute Gasteiger partial charge is 0.229 e. The zero-order chi connectivity index (χ0) is 18.4. The van der Waals surface area contributed by atoms with E-state index in [9.17, 15) is 9.18 Å². The lowest BCUT2D eigenvalue weighted by Gasteiger charge is -2.08. The summed E-state index contributed by atoms with van der Waals surface area (Å²) >= 11 is 0. The molecule has 2 N–H and O–H groups in total. The van der Waals surface area contributed by atoms with Gasteiger partial charge in [0.1, 0.15) is 16.9 Å². The topological polar surface area (TPSA) is 80.1 Å². The van der Waals surface area contributed by atoms with E-state index in [4.69, 9.17) is 4.42 Å². The summed E-state index contributed by atoms with van der Waals surface area (Å²) in [6.45, 7) is 0. The van der Waals surface area contributed by atoms with E-state index in [2.05, 4.69) is 26.7 Å². The molecular formula is C20H15FN4O2. The lowest BCUT2D eigenvalue weighted by molar-refractivity contribution is -0.115. The van der Waals surface area contributed by atoms with Gasteiger partial charge in [0.25, 0.3) is 0 Å². The molecule has 0 radical (unpaired) electrons. The molecule has 27 heavy (non-hydrogen) atoms. The fraction of sp³-hybridized carbons (Fsp3) is 0.150. The van der Waals surface area contributed by atoms with Gasteiger partial charge in [-0.05, 0) is 31.1 Å². The van der Waals surface area contributed by atoms with Crippen molar-refractivity contribution in [2.45, 2.75) is 19.3 Å². The van der Waals surface area contributed by atoms with Crippen LogP contribution in [0.4, 0.5) is 21.7 Å². The number of carbonyl (C=O) groups excluding carboxylic acids is 1. The molecule has 2 aliphatic rings. The van der Waals surface area contributed by atoms with Crippen LogP contribution in [0.1, 0.15) is 18.4 Å². The summed E-state index contributed by atoms with van der Waals surface area (Å²) in [5.74, 6) is 0.206. The predicted molar refractivity (Wildman–Crippen MR) is 99.2 cm³/mol. The molecule has 0 spiro atoms. The number of fused-ring (bicyclic) bond motifs is 5. The Balaban J connectivity index is 1.66. The predicted octanol–water partition coefficient (Wildman–Crippen LogP) is 2.47. The van der Waals surface area contributed by atoms with E-state index in [0.29, 0.717) is 22.7 Å². The minimum atomic E-state index is -0.397. The monoisotopic (exact) mass is 362 g/mol. The number of para-hydroxylation sites is 1. The number of hydrogen-bond donors (Lipinski definition) is 2. The minimum Gasteiger partial charge on any atom is -0.452 e. The third kappa shape index (κ3) is 2.68. The van der Waals surface area contributed by atoms with Crippen LogP contribution in [-0.4, -0.2) is 15.9 Å². The number of benzene rings is 1. The Hall–Kier alpha value is -3.48. The summed E-state index contributed by atoms with van der Waals surface area (Å²) in [7, 11) is 0. The van der Waals surface area contributed by atoms with Crippen LogP contribution in [0.5, 0.6) is 0 Å². The second-order valence-electron chi connectivity index (χ2n) is 6.47. The first kappa shape index (κ1) is 15.7. The molecule has 0 unspecified atom stereocenters. The van der Waals surface area contributed by atoms with Crippen LogP contribution in [0.3, 0.4) is 0 Å². The largest absolute Gasteiger partial charge is 0.452 e. The molecule has 0 saturated heterocycles. The van der Waals surface area contributed by atoms with Gasteiger partial charge in [-0.25, -0.2) is 14.4 Å². The molecule has 1 aliphatic carbocycles. The Morgan fingerprint density at radius 2 is 2.04 bits per heavy atom. The van der Waals surface area contributed by atoms with Crippen LogP contribution >= 0.6 is 0 Å². The maximum Gasteiger partial charge on any atom is 0.229 e. The highest BCUT2D eigenvalue weighted by Gasteiger charge is 2.26. The van der Waals surface area contributed by atoms with Crippen molar-refractivity contribution in [3.8, 4) is 11.5 Å². The summed E-state index contributed by atoms with van der Waals surface area (Å²) in [5.41, 5.74) is 2.85. The van der Waals surface area contributed by atoms with Crippen LogP contribution in [0.15, 0.2) is 34.9 Å². The highest BCUT2D eigenvalue weighted by molar-refractivity contribution is 5.99.